The summed E-state index contributed by atoms with van der Waals surface area (Å²) in [6, 6.07) is 5.86. The van der Waals surface area contributed by atoms with Gasteiger partial charge in [-0.15, -0.1) is 0 Å². The Labute approximate surface area is 111 Å². The van der Waals surface area contributed by atoms with Crippen LogP contribution in [0, 0.1) is 0 Å². The minimum Gasteiger partial charge on any atom is -0.373 e. The van der Waals surface area contributed by atoms with E-state index in [1.807, 2.05) is 11.9 Å². The van der Waals surface area contributed by atoms with Crippen LogP contribution in [-0.4, -0.2) is 38.1 Å². The van der Waals surface area contributed by atoms with E-state index in [1.165, 1.54) is 18.6 Å². The maximum Gasteiger partial charge on any atom is 0.416 e. The van der Waals surface area contributed by atoms with Gasteiger partial charge in [-0.25, -0.2) is 0 Å². The number of likely N-dealkylation sites (tertiary alicyclic amines) is 1. The molecule has 1 aromatic rings. The van der Waals surface area contributed by atoms with E-state index in [1.54, 1.807) is 0 Å². The lowest BCUT2D eigenvalue weighted by molar-refractivity contribution is -0.137. The van der Waals surface area contributed by atoms with Gasteiger partial charge in [0.15, 0.2) is 0 Å². The highest BCUT2D eigenvalue weighted by atomic mass is 19.4. The van der Waals surface area contributed by atoms with Crippen LogP contribution in [0.15, 0.2) is 24.3 Å². The summed E-state index contributed by atoms with van der Waals surface area (Å²) in [5.41, 5.74) is 0.232. The molecule has 0 aliphatic carbocycles. The Morgan fingerprint density at radius 1 is 1.26 bits per heavy atom. The van der Waals surface area contributed by atoms with E-state index in [2.05, 4.69) is 11.9 Å². The maximum atomic E-state index is 12.5. The Bertz CT molecular complexity index is 414. The monoisotopic (exact) mass is 272 g/mol. The molecule has 0 amide bonds. The van der Waals surface area contributed by atoms with Crippen molar-refractivity contribution in [3.05, 3.63) is 29.8 Å². The molecule has 0 bridgehead atoms. The molecule has 0 N–H and O–H groups in total. The Kier molecular flexibility index (Phi) is 4.04. The summed E-state index contributed by atoms with van der Waals surface area (Å²) in [5, 5.41) is 0. The quantitative estimate of drug-likeness (QED) is 0.833. The van der Waals surface area contributed by atoms with Crippen molar-refractivity contribution in [2.75, 3.05) is 32.1 Å². The van der Waals surface area contributed by atoms with Crippen LogP contribution in [0.5, 0.6) is 0 Å². The summed E-state index contributed by atoms with van der Waals surface area (Å²) in [7, 11) is 4.02. The van der Waals surface area contributed by atoms with Gasteiger partial charge in [0.1, 0.15) is 0 Å². The molecule has 1 fully saturated rings. The SMILES string of the molecule is CN(CC1CCCN1C)c1ccc(C(F)(F)F)cc1. The topological polar surface area (TPSA) is 6.48 Å². The number of benzene rings is 1. The van der Waals surface area contributed by atoms with Crippen LogP contribution in [0.3, 0.4) is 0 Å². The smallest absolute Gasteiger partial charge is 0.373 e. The van der Waals surface area contributed by atoms with E-state index in [-0.39, 0.29) is 0 Å². The molecule has 1 aliphatic heterocycles. The summed E-state index contributed by atoms with van der Waals surface area (Å²) in [5.74, 6) is 0. The van der Waals surface area contributed by atoms with Crippen LogP contribution in [0.25, 0.3) is 0 Å². The van der Waals surface area contributed by atoms with Crippen molar-refractivity contribution in [3.63, 3.8) is 0 Å². The minimum atomic E-state index is -4.26. The molecule has 106 valence electrons. The van der Waals surface area contributed by atoms with Crippen LogP contribution >= 0.6 is 0 Å². The van der Waals surface area contributed by atoms with Gasteiger partial charge in [0.25, 0.3) is 0 Å². The zero-order valence-corrected chi connectivity index (χ0v) is 11.2. The molecule has 0 aromatic heterocycles. The fourth-order valence-corrected chi connectivity index (χ4v) is 2.54. The Morgan fingerprint density at radius 2 is 1.89 bits per heavy atom. The number of likely N-dealkylation sites (N-methyl/N-ethyl adjacent to an activating group) is 2. The van der Waals surface area contributed by atoms with Crippen molar-refractivity contribution in [2.24, 2.45) is 0 Å². The van der Waals surface area contributed by atoms with E-state index in [0.717, 1.165) is 37.3 Å². The van der Waals surface area contributed by atoms with E-state index in [4.69, 9.17) is 0 Å². The predicted octanol–water partition coefficient (Wildman–Crippen LogP) is 3.24. The third kappa shape index (κ3) is 3.41. The summed E-state index contributed by atoms with van der Waals surface area (Å²) >= 11 is 0. The molecule has 1 aromatic carbocycles. The average Bonchev–Trinajstić information content (AvgIpc) is 2.74. The number of anilines is 1. The molecule has 1 unspecified atom stereocenters. The van der Waals surface area contributed by atoms with Crippen LogP contribution in [0.4, 0.5) is 18.9 Å². The van der Waals surface area contributed by atoms with Crippen molar-refractivity contribution < 1.29 is 13.2 Å². The zero-order valence-electron chi connectivity index (χ0n) is 11.2. The van der Waals surface area contributed by atoms with Gasteiger partial charge >= 0.3 is 6.18 Å². The standard InChI is InChI=1S/C14H19F3N2/c1-18-9-3-4-13(18)10-19(2)12-7-5-11(6-8-12)14(15,16)17/h5-8,13H,3-4,9-10H2,1-2H3. The van der Waals surface area contributed by atoms with E-state index in [0.29, 0.717) is 6.04 Å². The minimum absolute atomic E-state index is 0.493. The Morgan fingerprint density at radius 3 is 2.37 bits per heavy atom. The molecular formula is C14H19F3N2. The fraction of sp³-hybridized carbons (Fsp3) is 0.571. The number of hydrogen-bond donors (Lipinski definition) is 0. The summed E-state index contributed by atoms with van der Waals surface area (Å²) in [4.78, 5) is 4.33. The number of halogens is 3. The molecule has 2 rings (SSSR count). The molecule has 0 spiro atoms. The first-order chi connectivity index (χ1) is 8.88. The zero-order chi connectivity index (χ0) is 14.0. The lowest BCUT2D eigenvalue weighted by atomic mass is 10.1. The molecule has 19 heavy (non-hydrogen) atoms. The maximum absolute atomic E-state index is 12.5. The van der Waals surface area contributed by atoms with Crippen molar-refractivity contribution in [2.45, 2.75) is 25.1 Å². The number of nitrogens with zero attached hydrogens (tertiary/aromatic N) is 2. The van der Waals surface area contributed by atoms with Crippen molar-refractivity contribution in [1.29, 1.82) is 0 Å². The fourth-order valence-electron chi connectivity index (χ4n) is 2.54. The normalized spacial score (nSPS) is 20.8. The lowest BCUT2D eigenvalue weighted by Crippen LogP contribution is -2.36. The van der Waals surface area contributed by atoms with E-state index < -0.39 is 11.7 Å². The first-order valence-corrected chi connectivity index (χ1v) is 6.46. The van der Waals surface area contributed by atoms with E-state index in [9.17, 15) is 13.2 Å². The van der Waals surface area contributed by atoms with Gasteiger partial charge in [-0.2, -0.15) is 13.2 Å². The lowest BCUT2D eigenvalue weighted by Gasteiger charge is -2.27. The second-order valence-electron chi connectivity index (χ2n) is 5.20. The Hall–Kier alpha value is -1.23. The van der Waals surface area contributed by atoms with Gasteiger partial charge in [-0.05, 0) is 50.7 Å². The summed E-state index contributed by atoms with van der Waals surface area (Å²) < 4.78 is 37.4. The molecule has 2 nitrogen and oxygen atoms in total. The molecule has 5 heteroatoms. The van der Waals surface area contributed by atoms with Crippen LogP contribution in [0.2, 0.25) is 0 Å². The van der Waals surface area contributed by atoms with Gasteiger partial charge in [0, 0.05) is 25.3 Å². The highest BCUT2D eigenvalue weighted by Crippen LogP contribution is 2.30. The number of alkyl halides is 3. The van der Waals surface area contributed by atoms with Gasteiger partial charge < -0.3 is 9.80 Å². The number of hydrogen-bond acceptors (Lipinski definition) is 2. The third-order valence-electron chi connectivity index (χ3n) is 3.79. The summed E-state index contributed by atoms with van der Waals surface area (Å²) in [6.07, 6.45) is -1.91. The van der Waals surface area contributed by atoms with Crippen molar-refractivity contribution in [1.82, 2.24) is 4.90 Å². The van der Waals surface area contributed by atoms with Gasteiger partial charge in [-0.1, -0.05) is 0 Å². The van der Waals surface area contributed by atoms with Crippen LogP contribution < -0.4 is 4.90 Å². The second kappa shape index (κ2) is 5.41. The van der Waals surface area contributed by atoms with E-state index >= 15 is 0 Å². The van der Waals surface area contributed by atoms with Gasteiger partial charge in [0.2, 0.25) is 0 Å². The van der Waals surface area contributed by atoms with Crippen LogP contribution in [-0.2, 0) is 6.18 Å². The molecule has 1 aliphatic rings. The van der Waals surface area contributed by atoms with Crippen molar-refractivity contribution >= 4 is 5.69 Å². The molecule has 1 heterocycles. The average molecular weight is 272 g/mol. The molecule has 0 radical (unpaired) electrons. The largest absolute Gasteiger partial charge is 0.416 e. The van der Waals surface area contributed by atoms with Crippen LogP contribution in [0.1, 0.15) is 18.4 Å². The second-order valence-corrected chi connectivity index (χ2v) is 5.20. The predicted molar refractivity (Wildman–Crippen MR) is 70.4 cm³/mol. The van der Waals surface area contributed by atoms with Gasteiger partial charge in [0.05, 0.1) is 5.56 Å². The Balaban J connectivity index is 2.01. The molecule has 1 atom stereocenters. The highest BCUT2D eigenvalue weighted by Gasteiger charge is 2.30. The molecule has 1 saturated heterocycles. The highest BCUT2D eigenvalue weighted by molar-refractivity contribution is 5.47. The first-order valence-electron chi connectivity index (χ1n) is 6.46. The first kappa shape index (κ1) is 14.2. The summed E-state index contributed by atoms with van der Waals surface area (Å²) in [6.45, 7) is 1.95. The third-order valence-corrected chi connectivity index (χ3v) is 3.79. The molecular weight excluding hydrogens is 253 g/mol. The number of rotatable bonds is 3. The van der Waals surface area contributed by atoms with Crippen molar-refractivity contribution in [3.8, 4) is 0 Å². The van der Waals surface area contributed by atoms with Gasteiger partial charge in [-0.3, -0.25) is 0 Å². The molecule has 0 saturated carbocycles.